The Balaban J connectivity index is 1.72. The predicted octanol–water partition coefficient (Wildman–Crippen LogP) is 5.13. The van der Waals surface area contributed by atoms with E-state index < -0.39 is 22.3 Å². The van der Waals surface area contributed by atoms with Crippen molar-refractivity contribution in [2.45, 2.75) is 20.5 Å². The first kappa shape index (κ1) is 24.8. The first-order chi connectivity index (χ1) is 16.8. The first-order valence-corrected chi connectivity index (χ1v) is 10.7. The highest BCUT2D eigenvalue weighted by Crippen LogP contribution is 2.37. The molecule has 0 radical (unpaired) electrons. The highest BCUT2D eigenvalue weighted by molar-refractivity contribution is 6.09. The number of benzene rings is 3. The SMILES string of the molecule is CCOc1cc(/C=C(\C#N)C(=O)Nc2ccc(OCc3ccc(C)cc3)cc2)cc([N+](=O)[O-])c1O. The Labute approximate surface area is 202 Å². The Morgan fingerprint density at radius 1 is 1.14 bits per heavy atom. The molecule has 0 aliphatic rings. The van der Waals surface area contributed by atoms with E-state index in [1.165, 1.54) is 12.1 Å². The largest absolute Gasteiger partial charge is 0.500 e. The van der Waals surface area contributed by atoms with Crippen LogP contribution in [0.25, 0.3) is 6.08 Å². The van der Waals surface area contributed by atoms with Crippen molar-refractivity contribution in [3.05, 3.63) is 93.0 Å². The first-order valence-electron chi connectivity index (χ1n) is 10.7. The third-order valence-corrected chi connectivity index (χ3v) is 4.89. The van der Waals surface area contributed by atoms with Crippen molar-refractivity contribution >= 4 is 23.4 Å². The lowest BCUT2D eigenvalue weighted by molar-refractivity contribution is -0.386. The molecule has 1 amide bonds. The Hall–Kier alpha value is -4.84. The number of nitro groups is 1. The molecule has 2 N–H and O–H groups in total. The number of nitrogens with one attached hydrogen (secondary N) is 1. The summed E-state index contributed by atoms with van der Waals surface area (Å²) in [4.78, 5) is 23.1. The van der Waals surface area contributed by atoms with Gasteiger partial charge in [0, 0.05) is 11.8 Å². The molecule has 0 aliphatic carbocycles. The number of nitro benzene ring substituents is 1. The molecule has 0 aliphatic heterocycles. The molecule has 0 atom stereocenters. The molecule has 0 heterocycles. The summed E-state index contributed by atoms with van der Waals surface area (Å²) in [6.07, 6.45) is 1.18. The van der Waals surface area contributed by atoms with Gasteiger partial charge in [-0.2, -0.15) is 5.26 Å². The number of carbonyl (C=O) groups excluding carboxylic acids is 1. The molecule has 9 nitrogen and oxygen atoms in total. The fraction of sp³-hybridized carbons (Fsp3) is 0.154. The number of amides is 1. The number of hydrogen-bond donors (Lipinski definition) is 2. The van der Waals surface area contributed by atoms with Crippen molar-refractivity contribution in [1.29, 1.82) is 5.26 Å². The molecular weight excluding hydrogens is 450 g/mol. The highest BCUT2D eigenvalue weighted by Gasteiger charge is 2.20. The Morgan fingerprint density at radius 2 is 1.83 bits per heavy atom. The van der Waals surface area contributed by atoms with Gasteiger partial charge in [-0.15, -0.1) is 0 Å². The van der Waals surface area contributed by atoms with Crippen LogP contribution in [0, 0.1) is 28.4 Å². The lowest BCUT2D eigenvalue weighted by Gasteiger charge is -2.09. The Kier molecular flexibility index (Phi) is 8.03. The monoisotopic (exact) mass is 473 g/mol. The summed E-state index contributed by atoms with van der Waals surface area (Å²) >= 11 is 0. The number of aryl methyl sites for hydroxylation is 1. The molecule has 0 fully saturated rings. The lowest BCUT2D eigenvalue weighted by atomic mass is 10.1. The predicted molar refractivity (Wildman–Crippen MR) is 130 cm³/mol. The summed E-state index contributed by atoms with van der Waals surface area (Å²) in [5.74, 6) is -0.831. The lowest BCUT2D eigenvalue weighted by Crippen LogP contribution is -2.13. The molecular formula is C26H23N3O6. The van der Waals surface area contributed by atoms with Gasteiger partial charge < -0.3 is 19.9 Å². The zero-order valence-corrected chi connectivity index (χ0v) is 19.1. The number of rotatable bonds is 9. The van der Waals surface area contributed by atoms with E-state index in [4.69, 9.17) is 9.47 Å². The standard InChI is InChI=1S/C26H23N3O6/c1-3-34-24-14-19(13-23(25(24)30)29(32)33)12-20(15-27)26(31)28-21-8-10-22(11-9-21)35-16-18-6-4-17(2)5-7-18/h4-14,30H,3,16H2,1-2H3,(H,28,31)/b20-12+. The number of ether oxygens (including phenoxy) is 2. The van der Waals surface area contributed by atoms with Crippen LogP contribution in [0.4, 0.5) is 11.4 Å². The fourth-order valence-electron chi connectivity index (χ4n) is 3.10. The van der Waals surface area contributed by atoms with Crippen LogP contribution in [-0.4, -0.2) is 22.5 Å². The van der Waals surface area contributed by atoms with E-state index >= 15 is 0 Å². The summed E-state index contributed by atoms with van der Waals surface area (Å²) in [7, 11) is 0. The molecule has 0 saturated carbocycles. The Bertz CT molecular complexity index is 1290. The number of phenolic OH excluding ortho intramolecular Hbond substituents is 1. The minimum absolute atomic E-state index is 0.119. The van der Waals surface area contributed by atoms with E-state index in [1.54, 1.807) is 37.3 Å². The maximum atomic E-state index is 12.6. The van der Waals surface area contributed by atoms with E-state index in [0.717, 1.165) is 17.2 Å². The van der Waals surface area contributed by atoms with Crippen molar-refractivity contribution in [3.8, 4) is 23.3 Å². The number of carbonyl (C=O) groups is 1. The Morgan fingerprint density at radius 3 is 2.43 bits per heavy atom. The molecule has 3 aromatic rings. The summed E-state index contributed by atoms with van der Waals surface area (Å²) in [5.41, 5.74) is 1.90. The molecule has 3 rings (SSSR count). The highest BCUT2D eigenvalue weighted by atomic mass is 16.6. The molecule has 35 heavy (non-hydrogen) atoms. The number of nitriles is 1. The second-order valence-corrected chi connectivity index (χ2v) is 7.50. The van der Waals surface area contributed by atoms with E-state index in [0.29, 0.717) is 18.0 Å². The average Bonchev–Trinajstić information content (AvgIpc) is 2.84. The van der Waals surface area contributed by atoms with Gasteiger partial charge in [0.25, 0.3) is 5.91 Å². The van der Waals surface area contributed by atoms with E-state index in [2.05, 4.69) is 5.32 Å². The van der Waals surface area contributed by atoms with Gasteiger partial charge in [-0.25, -0.2) is 0 Å². The maximum Gasteiger partial charge on any atom is 0.315 e. The van der Waals surface area contributed by atoms with Crippen molar-refractivity contribution in [2.24, 2.45) is 0 Å². The van der Waals surface area contributed by atoms with E-state index in [9.17, 15) is 25.3 Å². The summed E-state index contributed by atoms with van der Waals surface area (Å²) in [6, 6.07) is 18.8. The van der Waals surface area contributed by atoms with Crippen LogP contribution in [0.5, 0.6) is 17.2 Å². The van der Waals surface area contributed by atoms with Gasteiger partial charge in [0.15, 0.2) is 5.75 Å². The van der Waals surface area contributed by atoms with Crippen LogP contribution in [0.3, 0.4) is 0 Å². The topological polar surface area (TPSA) is 135 Å². The molecule has 178 valence electrons. The van der Waals surface area contributed by atoms with Crippen LogP contribution in [-0.2, 0) is 11.4 Å². The van der Waals surface area contributed by atoms with Crippen LogP contribution in [0.15, 0.2) is 66.2 Å². The quantitative estimate of drug-likeness (QED) is 0.190. The number of phenols is 1. The smallest absolute Gasteiger partial charge is 0.315 e. The van der Waals surface area contributed by atoms with Gasteiger partial charge in [0.05, 0.1) is 11.5 Å². The van der Waals surface area contributed by atoms with Crippen LogP contribution < -0.4 is 14.8 Å². The second kappa shape index (κ2) is 11.3. The molecule has 0 bridgehead atoms. The minimum Gasteiger partial charge on any atom is -0.500 e. The van der Waals surface area contributed by atoms with Crippen molar-refractivity contribution in [2.75, 3.05) is 11.9 Å². The van der Waals surface area contributed by atoms with Gasteiger partial charge in [0.2, 0.25) is 5.75 Å². The summed E-state index contributed by atoms with van der Waals surface area (Å²) < 4.78 is 11.0. The number of aromatic hydroxyl groups is 1. The normalized spacial score (nSPS) is 10.8. The van der Waals surface area contributed by atoms with Crippen LogP contribution in [0.1, 0.15) is 23.6 Å². The molecule has 0 saturated heterocycles. The van der Waals surface area contributed by atoms with Gasteiger partial charge in [-0.05, 0) is 61.4 Å². The third kappa shape index (κ3) is 6.58. The zero-order chi connectivity index (χ0) is 25.4. The molecule has 3 aromatic carbocycles. The number of hydrogen-bond acceptors (Lipinski definition) is 7. The van der Waals surface area contributed by atoms with E-state index in [-0.39, 0.29) is 23.5 Å². The van der Waals surface area contributed by atoms with Crippen molar-refractivity contribution < 1.29 is 24.3 Å². The van der Waals surface area contributed by atoms with Crippen molar-refractivity contribution in [1.82, 2.24) is 0 Å². The molecule has 9 heteroatoms. The van der Waals surface area contributed by atoms with Gasteiger partial charge in [0.1, 0.15) is 24.0 Å². The minimum atomic E-state index is -0.774. The summed E-state index contributed by atoms with van der Waals surface area (Å²) in [6.45, 7) is 4.22. The van der Waals surface area contributed by atoms with Crippen LogP contribution in [0.2, 0.25) is 0 Å². The van der Waals surface area contributed by atoms with Gasteiger partial charge in [-0.1, -0.05) is 29.8 Å². The number of nitrogens with zero attached hydrogens (tertiary/aromatic N) is 2. The average molecular weight is 473 g/mol. The van der Waals surface area contributed by atoms with Crippen molar-refractivity contribution in [3.63, 3.8) is 0 Å². The third-order valence-electron chi connectivity index (χ3n) is 4.89. The summed E-state index contributed by atoms with van der Waals surface area (Å²) in [5, 5.41) is 33.3. The zero-order valence-electron chi connectivity index (χ0n) is 19.1. The van der Waals surface area contributed by atoms with E-state index in [1.807, 2.05) is 31.2 Å². The van der Waals surface area contributed by atoms with Gasteiger partial charge >= 0.3 is 5.69 Å². The fourth-order valence-corrected chi connectivity index (χ4v) is 3.10. The maximum absolute atomic E-state index is 12.6. The number of anilines is 1. The second-order valence-electron chi connectivity index (χ2n) is 7.50. The molecule has 0 unspecified atom stereocenters. The molecule has 0 aromatic heterocycles. The molecule has 0 spiro atoms. The van der Waals surface area contributed by atoms with Crippen LogP contribution >= 0.6 is 0 Å². The van der Waals surface area contributed by atoms with Gasteiger partial charge in [-0.3, -0.25) is 14.9 Å².